The summed E-state index contributed by atoms with van der Waals surface area (Å²) in [5, 5.41) is 9.83. The standard InChI is InChI=1S/C22H21N5O2S3/c28-22-26(12-13-29-22)11-6-14-30-20-25-24-19(27(20)16-7-2-1-3-8-16)15-31-21-23-17-9-4-5-10-18(17)32-21/h1-5,7-10H,6,11-15H2. The van der Waals surface area contributed by atoms with Gasteiger partial charge >= 0.3 is 6.09 Å². The van der Waals surface area contributed by atoms with Crippen LogP contribution in [0.5, 0.6) is 0 Å². The molecule has 4 aromatic rings. The van der Waals surface area contributed by atoms with Crippen molar-refractivity contribution in [2.45, 2.75) is 21.7 Å². The van der Waals surface area contributed by atoms with Gasteiger partial charge in [-0.05, 0) is 30.7 Å². The Morgan fingerprint density at radius 2 is 1.88 bits per heavy atom. The number of cyclic esters (lactones) is 1. The second-order valence-corrected chi connectivity index (χ2v) is 10.4. The molecular formula is C22H21N5O2S3. The number of fused-ring (bicyclic) bond motifs is 1. The quantitative estimate of drug-likeness (QED) is 0.242. The van der Waals surface area contributed by atoms with Crippen LogP contribution in [0, 0.1) is 0 Å². The molecule has 0 bridgehead atoms. The summed E-state index contributed by atoms with van der Waals surface area (Å²) in [7, 11) is 0. The molecule has 1 saturated heterocycles. The molecule has 0 saturated carbocycles. The predicted octanol–water partition coefficient (Wildman–Crippen LogP) is 5.10. The van der Waals surface area contributed by atoms with Gasteiger partial charge in [0.1, 0.15) is 12.4 Å². The minimum atomic E-state index is -0.211. The molecule has 32 heavy (non-hydrogen) atoms. The van der Waals surface area contributed by atoms with Gasteiger partial charge in [-0.25, -0.2) is 9.78 Å². The highest BCUT2D eigenvalue weighted by molar-refractivity contribution is 8.00. The van der Waals surface area contributed by atoms with Crippen molar-refractivity contribution < 1.29 is 9.53 Å². The first-order valence-electron chi connectivity index (χ1n) is 10.3. The molecule has 164 valence electrons. The first kappa shape index (κ1) is 21.3. The zero-order valence-electron chi connectivity index (χ0n) is 17.2. The Hall–Kier alpha value is -2.56. The number of ether oxygens (including phenoxy) is 1. The van der Waals surface area contributed by atoms with Crippen LogP contribution in [0.3, 0.4) is 0 Å². The lowest BCUT2D eigenvalue weighted by atomic mass is 10.3. The van der Waals surface area contributed by atoms with E-state index in [4.69, 9.17) is 9.72 Å². The number of nitrogens with zero attached hydrogens (tertiary/aromatic N) is 5. The van der Waals surface area contributed by atoms with Crippen molar-refractivity contribution in [3.8, 4) is 5.69 Å². The largest absolute Gasteiger partial charge is 0.448 e. The molecule has 7 nitrogen and oxygen atoms in total. The lowest BCUT2D eigenvalue weighted by Gasteiger charge is -2.12. The van der Waals surface area contributed by atoms with Gasteiger partial charge in [0, 0.05) is 18.0 Å². The summed E-state index contributed by atoms with van der Waals surface area (Å²) in [6, 6.07) is 18.4. The highest BCUT2D eigenvalue weighted by Crippen LogP contribution is 2.32. The fourth-order valence-electron chi connectivity index (χ4n) is 3.41. The minimum Gasteiger partial charge on any atom is -0.448 e. The molecule has 0 radical (unpaired) electrons. The maximum atomic E-state index is 11.6. The molecule has 1 amide bonds. The van der Waals surface area contributed by atoms with E-state index in [0.717, 1.165) is 38.7 Å². The van der Waals surface area contributed by atoms with Crippen molar-refractivity contribution in [3.05, 3.63) is 60.4 Å². The highest BCUT2D eigenvalue weighted by Gasteiger charge is 2.21. The third-order valence-electron chi connectivity index (χ3n) is 4.96. The average molecular weight is 484 g/mol. The first-order chi connectivity index (χ1) is 15.8. The van der Waals surface area contributed by atoms with Crippen LogP contribution in [0.1, 0.15) is 12.2 Å². The lowest BCUT2D eigenvalue weighted by molar-refractivity contribution is 0.158. The third kappa shape index (κ3) is 4.77. The maximum Gasteiger partial charge on any atom is 0.409 e. The molecule has 0 spiro atoms. The number of aromatic nitrogens is 4. The molecule has 0 N–H and O–H groups in total. The third-order valence-corrected chi connectivity index (χ3v) is 8.15. The topological polar surface area (TPSA) is 73.1 Å². The fraction of sp³-hybridized carbons (Fsp3) is 0.273. The molecule has 0 atom stereocenters. The van der Waals surface area contributed by atoms with Gasteiger partial charge in [0.15, 0.2) is 9.50 Å². The van der Waals surface area contributed by atoms with Crippen LogP contribution in [0.2, 0.25) is 0 Å². The Morgan fingerprint density at radius 1 is 1.03 bits per heavy atom. The zero-order chi connectivity index (χ0) is 21.8. The van der Waals surface area contributed by atoms with E-state index in [1.165, 1.54) is 4.70 Å². The van der Waals surface area contributed by atoms with Gasteiger partial charge in [-0.2, -0.15) is 0 Å². The Labute approximate surface area is 198 Å². The van der Waals surface area contributed by atoms with E-state index < -0.39 is 0 Å². The first-order valence-corrected chi connectivity index (χ1v) is 13.1. The van der Waals surface area contributed by atoms with E-state index in [-0.39, 0.29) is 6.09 Å². The number of amides is 1. The number of hydrogen-bond donors (Lipinski definition) is 0. The average Bonchev–Trinajstić information content (AvgIpc) is 3.54. The number of carbonyl (C=O) groups excluding carboxylic acids is 1. The number of thiazole rings is 1. The van der Waals surface area contributed by atoms with Crippen molar-refractivity contribution in [3.63, 3.8) is 0 Å². The molecular weight excluding hydrogens is 462 g/mol. The maximum absolute atomic E-state index is 11.6. The molecule has 3 heterocycles. The number of benzene rings is 2. The van der Waals surface area contributed by atoms with Crippen molar-refractivity contribution >= 4 is 51.2 Å². The second-order valence-electron chi connectivity index (χ2n) is 7.11. The summed E-state index contributed by atoms with van der Waals surface area (Å²) in [5.41, 5.74) is 2.07. The smallest absolute Gasteiger partial charge is 0.409 e. The number of rotatable bonds is 9. The van der Waals surface area contributed by atoms with Crippen LogP contribution in [0.15, 0.2) is 64.1 Å². The van der Waals surface area contributed by atoms with Crippen molar-refractivity contribution in [2.75, 3.05) is 25.4 Å². The Morgan fingerprint density at radius 3 is 2.69 bits per heavy atom. The molecule has 1 fully saturated rings. The van der Waals surface area contributed by atoms with Crippen LogP contribution < -0.4 is 0 Å². The number of carbonyl (C=O) groups is 1. The fourth-order valence-corrected chi connectivity index (χ4v) is 6.29. The lowest BCUT2D eigenvalue weighted by Crippen LogP contribution is -2.25. The highest BCUT2D eigenvalue weighted by atomic mass is 32.2. The van der Waals surface area contributed by atoms with Crippen LogP contribution in [0.25, 0.3) is 15.9 Å². The summed E-state index contributed by atoms with van der Waals surface area (Å²) >= 11 is 5.05. The van der Waals surface area contributed by atoms with Crippen LogP contribution in [0.4, 0.5) is 4.79 Å². The van der Waals surface area contributed by atoms with E-state index in [2.05, 4.69) is 33.0 Å². The zero-order valence-corrected chi connectivity index (χ0v) is 19.7. The molecule has 10 heteroatoms. The SMILES string of the molecule is O=C1OCCN1CCCSc1nnc(CSc2nc3ccccc3s2)n1-c1ccccc1. The Kier molecular flexibility index (Phi) is 6.61. The molecule has 2 aromatic carbocycles. The molecule has 5 rings (SSSR count). The van der Waals surface area contributed by atoms with Gasteiger partial charge in [0.05, 0.1) is 22.5 Å². The summed E-state index contributed by atoms with van der Waals surface area (Å²) in [4.78, 5) is 18.1. The van der Waals surface area contributed by atoms with E-state index in [1.807, 2.05) is 36.4 Å². The van der Waals surface area contributed by atoms with Crippen LogP contribution in [-0.4, -0.2) is 56.2 Å². The summed E-state index contributed by atoms with van der Waals surface area (Å²) in [6.45, 7) is 1.87. The van der Waals surface area contributed by atoms with Gasteiger partial charge in [-0.3, -0.25) is 4.57 Å². The number of para-hydroxylation sites is 2. The van der Waals surface area contributed by atoms with E-state index in [1.54, 1.807) is 39.8 Å². The second kappa shape index (κ2) is 9.93. The van der Waals surface area contributed by atoms with Crippen molar-refractivity contribution in [2.24, 2.45) is 0 Å². The normalized spacial score (nSPS) is 13.8. The van der Waals surface area contributed by atoms with Crippen molar-refractivity contribution in [1.29, 1.82) is 0 Å². The van der Waals surface area contributed by atoms with Crippen molar-refractivity contribution in [1.82, 2.24) is 24.6 Å². The van der Waals surface area contributed by atoms with Gasteiger partial charge in [0.2, 0.25) is 0 Å². The van der Waals surface area contributed by atoms with Crippen LogP contribution >= 0.6 is 34.9 Å². The van der Waals surface area contributed by atoms with E-state index in [0.29, 0.717) is 25.4 Å². The number of thioether (sulfide) groups is 2. The molecule has 2 aromatic heterocycles. The predicted molar refractivity (Wildman–Crippen MR) is 129 cm³/mol. The Bertz CT molecular complexity index is 1180. The molecule has 1 aliphatic heterocycles. The minimum absolute atomic E-state index is 0.211. The summed E-state index contributed by atoms with van der Waals surface area (Å²) < 4.78 is 9.33. The van der Waals surface area contributed by atoms with Gasteiger partial charge < -0.3 is 9.64 Å². The molecule has 0 aliphatic carbocycles. The Balaban J connectivity index is 1.28. The summed E-state index contributed by atoms with van der Waals surface area (Å²) in [6.07, 6.45) is 0.661. The monoisotopic (exact) mass is 483 g/mol. The van der Waals surface area contributed by atoms with Gasteiger partial charge in [-0.15, -0.1) is 21.5 Å². The summed E-state index contributed by atoms with van der Waals surface area (Å²) in [5.74, 6) is 2.42. The number of hydrogen-bond acceptors (Lipinski definition) is 8. The molecule has 0 unspecified atom stereocenters. The van der Waals surface area contributed by atoms with Gasteiger partial charge in [0.25, 0.3) is 0 Å². The van der Waals surface area contributed by atoms with Crippen LogP contribution in [-0.2, 0) is 10.5 Å². The van der Waals surface area contributed by atoms with Gasteiger partial charge in [-0.1, -0.05) is 53.9 Å². The molecule has 1 aliphatic rings. The van der Waals surface area contributed by atoms with E-state index in [9.17, 15) is 4.79 Å². The van der Waals surface area contributed by atoms with E-state index >= 15 is 0 Å².